The van der Waals surface area contributed by atoms with Crippen LogP contribution in [0.5, 0.6) is 0 Å². The van der Waals surface area contributed by atoms with Crippen LogP contribution >= 0.6 is 0 Å². The van der Waals surface area contributed by atoms with Crippen molar-refractivity contribution in [1.29, 1.82) is 0 Å². The summed E-state index contributed by atoms with van der Waals surface area (Å²) < 4.78 is 0. The maximum Gasteiger partial charge on any atom is 0.0889 e. The number of benzene rings is 1. The Morgan fingerprint density at radius 2 is 1.41 bits per heavy atom. The van der Waals surface area contributed by atoms with Gasteiger partial charge in [-0.1, -0.05) is 13.8 Å². The lowest BCUT2D eigenvalue weighted by atomic mass is 9.98. The van der Waals surface area contributed by atoms with E-state index in [1.165, 1.54) is 30.4 Å². The maximum absolute atomic E-state index is 4.42. The van der Waals surface area contributed by atoms with E-state index in [0.29, 0.717) is 0 Å². The molecule has 2 heteroatoms. The standard InChI is InChI=1S/C15H18N2/c1-3-10-7-11(4-2)13-9-15-14(8-12(10)13)16-5-6-17-15/h5-6,8-11H,3-4,7H2,1-2H3. The van der Waals surface area contributed by atoms with Gasteiger partial charge in [0.25, 0.3) is 0 Å². The third kappa shape index (κ3) is 1.63. The average Bonchev–Trinajstić information content (AvgIpc) is 2.73. The first-order chi connectivity index (χ1) is 8.33. The van der Waals surface area contributed by atoms with Crippen molar-refractivity contribution in [3.05, 3.63) is 35.7 Å². The van der Waals surface area contributed by atoms with E-state index in [1.54, 1.807) is 12.4 Å². The summed E-state index contributed by atoms with van der Waals surface area (Å²) in [5, 5.41) is 0. The largest absolute Gasteiger partial charge is 0.253 e. The summed E-state index contributed by atoms with van der Waals surface area (Å²) >= 11 is 0. The van der Waals surface area contributed by atoms with Crippen molar-refractivity contribution < 1.29 is 0 Å². The highest BCUT2D eigenvalue weighted by Crippen LogP contribution is 2.45. The van der Waals surface area contributed by atoms with Gasteiger partial charge in [0.15, 0.2) is 0 Å². The van der Waals surface area contributed by atoms with Crippen molar-refractivity contribution in [1.82, 2.24) is 9.97 Å². The lowest BCUT2D eigenvalue weighted by molar-refractivity contribution is 0.564. The lowest BCUT2D eigenvalue weighted by Gasteiger charge is -2.08. The zero-order valence-corrected chi connectivity index (χ0v) is 10.5. The predicted octanol–water partition coefficient (Wildman–Crippen LogP) is 4.02. The van der Waals surface area contributed by atoms with Gasteiger partial charge in [-0.15, -0.1) is 0 Å². The van der Waals surface area contributed by atoms with Crippen LogP contribution in [0.1, 0.15) is 56.1 Å². The third-order valence-electron chi connectivity index (χ3n) is 4.11. The Morgan fingerprint density at radius 3 is 1.82 bits per heavy atom. The van der Waals surface area contributed by atoms with Crippen molar-refractivity contribution in [3.8, 4) is 0 Å². The van der Waals surface area contributed by atoms with Crippen molar-refractivity contribution in [3.63, 3.8) is 0 Å². The number of nitrogens with zero attached hydrogens (tertiary/aromatic N) is 2. The Kier molecular flexibility index (Phi) is 2.58. The van der Waals surface area contributed by atoms with E-state index in [0.717, 1.165) is 22.9 Å². The van der Waals surface area contributed by atoms with E-state index in [-0.39, 0.29) is 0 Å². The molecule has 0 bridgehead atoms. The molecule has 0 aliphatic heterocycles. The highest BCUT2D eigenvalue weighted by molar-refractivity contribution is 5.77. The minimum atomic E-state index is 0.723. The molecule has 0 saturated heterocycles. The topological polar surface area (TPSA) is 25.8 Å². The monoisotopic (exact) mass is 226 g/mol. The van der Waals surface area contributed by atoms with Crippen LogP contribution in [0.3, 0.4) is 0 Å². The summed E-state index contributed by atoms with van der Waals surface area (Å²) in [6, 6.07) is 4.53. The van der Waals surface area contributed by atoms with Gasteiger partial charge in [0.1, 0.15) is 0 Å². The molecule has 0 saturated carbocycles. The van der Waals surface area contributed by atoms with Crippen LogP contribution in [-0.4, -0.2) is 9.97 Å². The van der Waals surface area contributed by atoms with Crippen molar-refractivity contribution >= 4 is 11.0 Å². The Morgan fingerprint density at radius 1 is 0.941 bits per heavy atom. The van der Waals surface area contributed by atoms with Crippen LogP contribution in [0, 0.1) is 0 Å². The molecule has 1 aliphatic rings. The minimum absolute atomic E-state index is 0.723. The predicted molar refractivity (Wildman–Crippen MR) is 70.2 cm³/mol. The van der Waals surface area contributed by atoms with Crippen LogP contribution in [0.25, 0.3) is 11.0 Å². The molecule has 2 nitrogen and oxygen atoms in total. The van der Waals surface area contributed by atoms with Gasteiger partial charge in [0.05, 0.1) is 11.0 Å². The van der Waals surface area contributed by atoms with Gasteiger partial charge in [0.2, 0.25) is 0 Å². The van der Waals surface area contributed by atoms with E-state index < -0.39 is 0 Å². The van der Waals surface area contributed by atoms with Gasteiger partial charge >= 0.3 is 0 Å². The third-order valence-corrected chi connectivity index (χ3v) is 4.11. The molecule has 0 radical (unpaired) electrons. The smallest absolute Gasteiger partial charge is 0.0889 e. The molecule has 17 heavy (non-hydrogen) atoms. The normalized spacial score (nSPS) is 22.9. The molecule has 2 atom stereocenters. The Hall–Kier alpha value is -1.44. The first-order valence-electron chi connectivity index (χ1n) is 6.58. The molecule has 1 aromatic carbocycles. The van der Waals surface area contributed by atoms with E-state index >= 15 is 0 Å². The zero-order valence-electron chi connectivity index (χ0n) is 10.5. The van der Waals surface area contributed by atoms with Crippen molar-refractivity contribution in [2.45, 2.75) is 44.9 Å². The summed E-state index contributed by atoms with van der Waals surface area (Å²) in [4.78, 5) is 8.83. The van der Waals surface area contributed by atoms with Crippen LogP contribution in [0.4, 0.5) is 0 Å². The first-order valence-corrected chi connectivity index (χ1v) is 6.58. The second kappa shape index (κ2) is 4.10. The van der Waals surface area contributed by atoms with Crippen LogP contribution in [0.2, 0.25) is 0 Å². The molecule has 0 N–H and O–H groups in total. The summed E-state index contributed by atoms with van der Waals surface area (Å²) in [7, 11) is 0. The average molecular weight is 226 g/mol. The van der Waals surface area contributed by atoms with Crippen molar-refractivity contribution in [2.75, 3.05) is 0 Å². The number of hydrogen-bond donors (Lipinski definition) is 0. The first kappa shape index (κ1) is 10.7. The fourth-order valence-electron chi connectivity index (χ4n) is 3.12. The summed E-state index contributed by atoms with van der Waals surface area (Å²) in [5.74, 6) is 1.45. The molecule has 1 aliphatic carbocycles. The van der Waals surface area contributed by atoms with E-state index in [2.05, 4.69) is 35.9 Å². The molecule has 0 fully saturated rings. The summed E-state index contributed by atoms with van der Waals surface area (Å²) in [5.41, 5.74) is 5.13. The van der Waals surface area contributed by atoms with Gasteiger partial charge in [-0.2, -0.15) is 0 Å². The molecule has 3 rings (SSSR count). The Bertz CT molecular complexity index is 499. The number of hydrogen-bond acceptors (Lipinski definition) is 2. The number of rotatable bonds is 2. The summed E-state index contributed by atoms with van der Waals surface area (Å²) in [6.45, 7) is 4.57. The van der Waals surface area contributed by atoms with E-state index in [9.17, 15) is 0 Å². The Balaban J connectivity index is 2.21. The second-order valence-electron chi connectivity index (χ2n) is 4.97. The highest BCUT2D eigenvalue weighted by Gasteiger charge is 2.29. The molecule has 88 valence electrons. The molecule has 0 amide bonds. The van der Waals surface area contributed by atoms with Crippen LogP contribution < -0.4 is 0 Å². The van der Waals surface area contributed by atoms with Crippen molar-refractivity contribution in [2.24, 2.45) is 0 Å². The molecular weight excluding hydrogens is 208 g/mol. The number of aromatic nitrogens is 2. The maximum atomic E-state index is 4.42. The second-order valence-corrected chi connectivity index (χ2v) is 4.97. The van der Waals surface area contributed by atoms with Crippen LogP contribution in [0.15, 0.2) is 24.5 Å². The lowest BCUT2D eigenvalue weighted by Crippen LogP contribution is -1.92. The van der Waals surface area contributed by atoms with Gasteiger partial charge in [-0.05, 0) is 54.4 Å². The fourth-order valence-corrected chi connectivity index (χ4v) is 3.12. The zero-order chi connectivity index (χ0) is 11.8. The molecule has 1 heterocycles. The summed E-state index contributed by atoms with van der Waals surface area (Å²) in [6.07, 6.45) is 7.33. The van der Waals surface area contributed by atoms with Gasteiger partial charge in [-0.3, -0.25) is 9.97 Å². The molecule has 1 aromatic heterocycles. The molecule has 0 spiro atoms. The molecule has 2 unspecified atom stereocenters. The van der Waals surface area contributed by atoms with E-state index in [4.69, 9.17) is 0 Å². The minimum Gasteiger partial charge on any atom is -0.253 e. The quantitative estimate of drug-likeness (QED) is 0.773. The Labute approximate surface area is 102 Å². The molecule has 2 aromatic rings. The molecular formula is C15H18N2. The van der Waals surface area contributed by atoms with Crippen LogP contribution in [-0.2, 0) is 0 Å². The van der Waals surface area contributed by atoms with Gasteiger partial charge in [-0.25, -0.2) is 0 Å². The van der Waals surface area contributed by atoms with E-state index in [1.807, 2.05) is 0 Å². The fraction of sp³-hybridized carbons (Fsp3) is 0.467. The SMILES string of the molecule is CCC1CC(CC)c2cc3nccnc3cc21. The van der Waals surface area contributed by atoms with Gasteiger partial charge in [0, 0.05) is 12.4 Å². The van der Waals surface area contributed by atoms with Gasteiger partial charge < -0.3 is 0 Å². The number of fused-ring (bicyclic) bond motifs is 2. The highest BCUT2D eigenvalue weighted by atomic mass is 14.8.